The molecule has 1 aliphatic rings. The first kappa shape index (κ1) is 18.7. The topological polar surface area (TPSA) is 76.6 Å². The van der Waals surface area contributed by atoms with Crippen molar-refractivity contribution in [3.8, 4) is 11.5 Å². The Balaban J connectivity index is 1.56. The highest BCUT2D eigenvalue weighted by molar-refractivity contribution is 5.91. The predicted molar refractivity (Wildman–Crippen MR) is 104 cm³/mol. The molecule has 3 rings (SSSR count). The largest absolute Gasteiger partial charge is 0.493 e. The van der Waals surface area contributed by atoms with Gasteiger partial charge in [0, 0.05) is 25.4 Å². The molecule has 1 saturated heterocycles. The van der Waals surface area contributed by atoms with Crippen molar-refractivity contribution in [3.63, 3.8) is 0 Å². The van der Waals surface area contributed by atoms with Gasteiger partial charge in [0.1, 0.15) is 11.6 Å². The third kappa shape index (κ3) is 4.97. The van der Waals surface area contributed by atoms with Gasteiger partial charge < -0.3 is 19.7 Å². The second-order valence-electron chi connectivity index (χ2n) is 6.19. The van der Waals surface area contributed by atoms with E-state index < -0.39 is 0 Å². The first-order valence-corrected chi connectivity index (χ1v) is 8.94. The first-order valence-electron chi connectivity index (χ1n) is 8.94. The van der Waals surface area contributed by atoms with E-state index in [1.165, 1.54) is 18.9 Å². The molecule has 0 aliphatic carbocycles. The van der Waals surface area contributed by atoms with Crippen molar-refractivity contribution in [2.45, 2.75) is 19.4 Å². The van der Waals surface area contributed by atoms with Crippen molar-refractivity contribution in [2.75, 3.05) is 32.2 Å². The lowest BCUT2D eigenvalue weighted by molar-refractivity contribution is -0.116. The molecular weight excluding hydrogens is 344 g/mol. The average molecular weight is 368 g/mol. The summed E-state index contributed by atoms with van der Waals surface area (Å²) < 4.78 is 10.5. The molecule has 0 atom stereocenters. The van der Waals surface area contributed by atoms with E-state index in [9.17, 15) is 4.79 Å². The quantitative estimate of drug-likeness (QED) is 0.757. The molecule has 0 bridgehead atoms. The highest BCUT2D eigenvalue weighted by Crippen LogP contribution is 2.27. The Morgan fingerprint density at radius 2 is 1.96 bits per heavy atom. The molecule has 0 unspecified atom stereocenters. The zero-order valence-electron chi connectivity index (χ0n) is 15.6. The lowest BCUT2D eigenvalue weighted by Crippen LogP contribution is -2.23. The molecule has 142 valence electrons. The predicted octanol–water partition coefficient (Wildman–Crippen LogP) is 2.42. The minimum absolute atomic E-state index is 0.208. The van der Waals surface area contributed by atoms with E-state index in [1.54, 1.807) is 32.6 Å². The fourth-order valence-corrected chi connectivity index (χ4v) is 2.95. The molecule has 7 nitrogen and oxygen atoms in total. The molecule has 27 heavy (non-hydrogen) atoms. The Morgan fingerprint density at radius 1 is 1.19 bits per heavy atom. The van der Waals surface area contributed by atoms with Crippen LogP contribution >= 0.6 is 0 Å². The zero-order valence-corrected chi connectivity index (χ0v) is 15.6. The van der Waals surface area contributed by atoms with Crippen molar-refractivity contribution in [1.29, 1.82) is 0 Å². The normalized spacial score (nSPS) is 13.8. The molecule has 2 aromatic rings. The summed E-state index contributed by atoms with van der Waals surface area (Å²) in [6.07, 6.45) is 7.32. The van der Waals surface area contributed by atoms with Crippen LogP contribution in [0, 0.1) is 0 Å². The number of nitrogens with one attached hydrogen (secondary N) is 1. The summed E-state index contributed by atoms with van der Waals surface area (Å²) in [5.74, 6) is 2.58. The second-order valence-corrected chi connectivity index (χ2v) is 6.19. The maximum Gasteiger partial charge on any atom is 0.244 e. The molecule has 0 saturated carbocycles. The number of anilines is 1. The molecule has 1 aliphatic heterocycles. The minimum atomic E-state index is -0.208. The van der Waals surface area contributed by atoms with Crippen LogP contribution in [0.1, 0.15) is 24.2 Å². The number of hydrogen-bond donors (Lipinski definition) is 1. The maximum atomic E-state index is 12.1. The molecule has 2 heterocycles. The summed E-state index contributed by atoms with van der Waals surface area (Å²) >= 11 is 0. The molecule has 7 heteroatoms. The van der Waals surface area contributed by atoms with Crippen LogP contribution in [-0.2, 0) is 11.3 Å². The molecule has 1 N–H and O–H groups in total. The van der Waals surface area contributed by atoms with E-state index in [4.69, 9.17) is 9.47 Å². The van der Waals surface area contributed by atoms with Crippen molar-refractivity contribution in [2.24, 2.45) is 0 Å². The fourth-order valence-electron chi connectivity index (χ4n) is 2.95. The van der Waals surface area contributed by atoms with Gasteiger partial charge in [0.15, 0.2) is 11.5 Å². The van der Waals surface area contributed by atoms with E-state index >= 15 is 0 Å². The second kappa shape index (κ2) is 9.02. The van der Waals surface area contributed by atoms with Gasteiger partial charge in [-0.1, -0.05) is 6.07 Å². The van der Waals surface area contributed by atoms with Crippen LogP contribution in [0.5, 0.6) is 11.5 Å². The number of benzene rings is 1. The van der Waals surface area contributed by atoms with E-state index in [-0.39, 0.29) is 12.5 Å². The Labute approximate surface area is 159 Å². The molecule has 1 fully saturated rings. The molecule has 0 radical (unpaired) electrons. The molecule has 1 amide bonds. The number of methoxy groups -OCH3 is 2. The average Bonchev–Trinajstić information content (AvgIpc) is 3.25. The number of amides is 1. The summed E-state index contributed by atoms with van der Waals surface area (Å²) in [6.45, 7) is 2.34. The Bertz CT molecular complexity index is 817. The summed E-state index contributed by atoms with van der Waals surface area (Å²) in [5, 5.41) is 2.81. The van der Waals surface area contributed by atoms with Gasteiger partial charge in [-0.3, -0.25) is 4.79 Å². The Morgan fingerprint density at radius 3 is 2.70 bits per heavy atom. The van der Waals surface area contributed by atoms with Gasteiger partial charge in [-0.2, -0.15) is 0 Å². The molecule has 1 aromatic carbocycles. The van der Waals surface area contributed by atoms with Gasteiger partial charge in [-0.15, -0.1) is 0 Å². The molecule has 0 spiro atoms. The number of carbonyl (C=O) groups is 1. The van der Waals surface area contributed by atoms with Crippen LogP contribution in [-0.4, -0.2) is 43.2 Å². The fraction of sp³-hybridized carbons (Fsp3) is 0.350. The van der Waals surface area contributed by atoms with E-state index in [2.05, 4.69) is 20.2 Å². The van der Waals surface area contributed by atoms with E-state index in [1.807, 2.05) is 18.2 Å². The van der Waals surface area contributed by atoms with Gasteiger partial charge in [0.2, 0.25) is 5.91 Å². The van der Waals surface area contributed by atoms with Crippen LogP contribution in [0.4, 0.5) is 5.82 Å². The molecule has 1 aromatic heterocycles. The summed E-state index contributed by atoms with van der Waals surface area (Å²) in [6, 6.07) is 7.38. The highest BCUT2D eigenvalue weighted by Gasteiger charge is 2.14. The van der Waals surface area contributed by atoms with Crippen molar-refractivity contribution >= 4 is 17.8 Å². The van der Waals surface area contributed by atoms with Crippen molar-refractivity contribution in [3.05, 3.63) is 47.9 Å². The SMILES string of the molecule is COc1ccc(/C=C/C(=O)NCc2nccc(N3CCCC3)n2)cc1OC. The lowest BCUT2D eigenvalue weighted by Gasteiger charge is -2.16. The van der Waals surface area contributed by atoms with Gasteiger partial charge in [0.05, 0.1) is 20.8 Å². The van der Waals surface area contributed by atoms with Crippen LogP contribution in [0.3, 0.4) is 0 Å². The lowest BCUT2D eigenvalue weighted by atomic mass is 10.2. The Kier molecular flexibility index (Phi) is 6.25. The van der Waals surface area contributed by atoms with Crippen LogP contribution in [0.15, 0.2) is 36.5 Å². The van der Waals surface area contributed by atoms with Crippen molar-refractivity contribution in [1.82, 2.24) is 15.3 Å². The number of carbonyl (C=O) groups excluding carboxylic acids is 1. The smallest absolute Gasteiger partial charge is 0.244 e. The standard InChI is InChI=1S/C20H24N4O3/c1-26-16-7-5-15(13-17(16)27-2)6-8-20(25)22-14-18-21-10-9-19(23-18)24-11-3-4-12-24/h5-10,13H,3-4,11-12,14H2,1-2H3,(H,22,25)/b8-6+. The van der Waals surface area contributed by atoms with Gasteiger partial charge in [-0.05, 0) is 42.7 Å². The van der Waals surface area contributed by atoms with Crippen LogP contribution in [0.2, 0.25) is 0 Å². The Hall–Kier alpha value is -3.09. The third-order valence-electron chi connectivity index (χ3n) is 4.38. The zero-order chi connectivity index (χ0) is 19.1. The number of rotatable bonds is 7. The van der Waals surface area contributed by atoms with Crippen LogP contribution in [0.25, 0.3) is 6.08 Å². The monoisotopic (exact) mass is 368 g/mol. The van der Waals surface area contributed by atoms with Crippen molar-refractivity contribution < 1.29 is 14.3 Å². The number of nitrogens with zero attached hydrogens (tertiary/aromatic N) is 3. The maximum absolute atomic E-state index is 12.1. The van der Waals surface area contributed by atoms with Gasteiger partial charge >= 0.3 is 0 Å². The van der Waals surface area contributed by atoms with Gasteiger partial charge in [0.25, 0.3) is 0 Å². The third-order valence-corrected chi connectivity index (χ3v) is 4.38. The number of aromatic nitrogens is 2. The summed E-state index contributed by atoms with van der Waals surface area (Å²) in [7, 11) is 3.16. The first-order chi connectivity index (χ1) is 13.2. The summed E-state index contributed by atoms with van der Waals surface area (Å²) in [4.78, 5) is 23.1. The minimum Gasteiger partial charge on any atom is -0.493 e. The number of hydrogen-bond acceptors (Lipinski definition) is 6. The van der Waals surface area contributed by atoms with Gasteiger partial charge in [-0.25, -0.2) is 9.97 Å². The van der Waals surface area contributed by atoms with E-state index in [0.29, 0.717) is 17.3 Å². The number of ether oxygens (including phenoxy) is 2. The van der Waals surface area contributed by atoms with E-state index in [0.717, 1.165) is 24.5 Å². The van der Waals surface area contributed by atoms with Crippen LogP contribution < -0.4 is 19.7 Å². The summed E-state index contributed by atoms with van der Waals surface area (Å²) in [5.41, 5.74) is 0.843. The molecular formula is C20H24N4O3. The highest BCUT2D eigenvalue weighted by atomic mass is 16.5.